The van der Waals surface area contributed by atoms with Gasteiger partial charge in [-0.3, -0.25) is 4.79 Å². The van der Waals surface area contributed by atoms with Crippen molar-refractivity contribution in [3.8, 4) is 0 Å². The molecule has 0 aromatic carbocycles. The van der Waals surface area contributed by atoms with Gasteiger partial charge in [-0.1, -0.05) is 0 Å². The number of nitrogens with two attached hydrogens (primary N) is 1. The van der Waals surface area contributed by atoms with Gasteiger partial charge in [0, 0.05) is 18.9 Å². The number of methoxy groups -OCH3 is 1. The highest BCUT2D eigenvalue weighted by Gasteiger charge is 2.02. The maximum atomic E-state index is 11.1. The van der Waals surface area contributed by atoms with E-state index in [1.165, 1.54) is 11.3 Å². The van der Waals surface area contributed by atoms with Crippen LogP contribution >= 0.6 is 11.3 Å². The van der Waals surface area contributed by atoms with Crippen molar-refractivity contribution in [2.24, 2.45) is 0 Å². The van der Waals surface area contributed by atoms with E-state index in [0.717, 1.165) is 5.69 Å². The van der Waals surface area contributed by atoms with Crippen molar-refractivity contribution in [3.63, 3.8) is 0 Å². The molecule has 1 amide bonds. The Balaban J connectivity index is 2.23. The molecule has 0 bridgehead atoms. The van der Waals surface area contributed by atoms with Gasteiger partial charge >= 0.3 is 0 Å². The normalized spacial score (nSPS) is 10.1. The van der Waals surface area contributed by atoms with Crippen molar-refractivity contribution < 1.29 is 9.53 Å². The zero-order chi connectivity index (χ0) is 10.4. The molecule has 78 valence electrons. The van der Waals surface area contributed by atoms with Gasteiger partial charge in [-0.15, -0.1) is 11.3 Å². The average Bonchev–Trinajstić information content (AvgIpc) is 2.58. The third-order valence-corrected chi connectivity index (χ3v) is 2.29. The van der Waals surface area contributed by atoms with Crippen LogP contribution in [0.3, 0.4) is 0 Å². The van der Waals surface area contributed by atoms with Crippen molar-refractivity contribution >= 4 is 22.4 Å². The fourth-order valence-electron chi connectivity index (χ4n) is 0.876. The maximum Gasteiger partial charge on any atom is 0.222 e. The second-order valence-corrected chi connectivity index (χ2v) is 3.59. The van der Waals surface area contributed by atoms with Gasteiger partial charge in [-0.05, 0) is 0 Å². The lowest BCUT2D eigenvalue weighted by Gasteiger charge is -2.01. The summed E-state index contributed by atoms with van der Waals surface area (Å²) >= 11 is 1.36. The molecular formula is C8H13N3O2S. The van der Waals surface area contributed by atoms with Crippen LogP contribution in [0.15, 0.2) is 5.38 Å². The molecule has 0 radical (unpaired) electrons. The quantitative estimate of drug-likeness (QED) is 0.744. The number of carbonyl (C=O) groups is 1. The van der Waals surface area contributed by atoms with Crippen LogP contribution in [0.5, 0.6) is 0 Å². The predicted molar refractivity (Wildman–Crippen MR) is 54.9 cm³/mol. The second kappa shape index (κ2) is 5.56. The molecule has 0 saturated heterocycles. The molecule has 0 fully saturated rings. The number of hydrogen-bond donors (Lipinski definition) is 2. The van der Waals surface area contributed by atoms with Crippen LogP contribution in [0.25, 0.3) is 0 Å². The van der Waals surface area contributed by atoms with Crippen molar-refractivity contribution in [1.29, 1.82) is 0 Å². The van der Waals surface area contributed by atoms with E-state index in [2.05, 4.69) is 10.3 Å². The highest BCUT2D eigenvalue weighted by Crippen LogP contribution is 2.10. The summed E-state index contributed by atoms with van der Waals surface area (Å²) < 4.78 is 4.77. The fraction of sp³-hybridized carbons (Fsp3) is 0.500. The van der Waals surface area contributed by atoms with Gasteiger partial charge in [0.2, 0.25) is 5.91 Å². The summed E-state index contributed by atoms with van der Waals surface area (Å²) in [5.41, 5.74) is 6.23. The summed E-state index contributed by atoms with van der Waals surface area (Å²) in [6.07, 6.45) is 0.371. The molecule has 1 aromatic heterocycles. The molecule has 0 unspecified atom stereocenters. The van der Waals surface area contributed by atoms with E-state index in [1.807, 2.05) is 5.38 Å². The summed E-state index contributed by atoms with van der Waals surface area (Å²) in [7, 11) is 1.56. The number of hydrogen-bond acceptors (Lipinski definition) is 5. The van der Waals surface area contributed by atoms with Crippen molar-refractivity contribution in [2.75, 3.05) is 19.5 Å². The Labute approximate surface area is 86.3 Å². The lowest BCUT2D eigenvalue weighted by Crippen LogP contribution is -2.23. The number of carbonyl (C=O) groups excluding carboxylic acids is 1. The first kappa shape index (κ1) is 10.9. The minimum atomic E-state index is -0.0431. The largest absolute Gasteiger partial charge is 0.384 e. The topological polar surface area (TPSA) is 77.2 Å². The molecule has 3 N–H and O–H groups in total. The molecule has 1 heterocycles. The number of ether oxygens (including phenoxy) is 1. The Morgan fingerprint density at radius 3 is 3.14 bits per heavy atom. The first-order chi connectivity index (χ1) is 6.72. The number of nitrogen functional groups attached to an aromatic ring is 1. The summed E-state index contributed by atoms with van der Waals surface area (Å²) in [5.74, 6) is -0.0431. The number of rotatable bonds is 5. The SMILES string of the molecule is COCCC(=O)NCc1csc(N)n1. The molecule has 0 atom stereocenters. The molecule has 1 aromatic rings. The molecular weight excluding hydrogens is 202 g/mol. The van der Waals surface area contributed by atoms with Gasteiger partial charge in [0.1, 0.15) is 0 Å². The Hall–Kier alpha value is -1.14. The fourth-order valence-corrected chi connectivity index (χ4v) is 1.44. The van der Waals surface area contributed by atoms with Crippen LogP contribution in [-0.2, 0) is 16.1 Å². The Morgan fingerprint density at radius 1 is 1.79 bits per heavy atom. The predicted octanol–water partition coefficient (Wildman–Crippen LogP) is 0.378. The average molecular weight is 215 g/mol. The number of aromatic nitrogens is 1. The lowest BCUT2D eigenvalue weighted by atomic mass is 10.4. The minimum Gasteiger partial charge on any atom is -0.384 e. The van der Waals surface area contributed by atoms with Gasteiger partial charge in [0.05, 0.1) is 18.8 Å². The van der Waals surface area contributed by atoms with Crippen LogP contribution in [0.1, 0.15) is 12.1 Å². The molecule has 0 aliphatic rings. The van der Waals surface area contributed by atoms with Crippen molar-refractivity contribution in [3.05, 3.63) is 11.1 Å². The van der Waals surface area contributed by atoms with Crippen LogP contribution in [0.4, 0.5) is 5.13 Å². The summed E-state index contributed by atoms with van der Waals surface area (Å²) in [5, 5.41) is 5.06. The van der Waals surface area contributed by atoms with E-state index in [1.54, 1.807) is 7.11 Å². The second-order valence-electron chi connectivity index (χ2n) is 2.70. The third kappa shape index (κ3) is 3.71. The van der Waals surface area contributed by atoms with E-state index in [-0.39, 0.29) is 5.91 Å². The first-order valence-corrected chi connectivity index (χ1v) is 5.06. The van der Waals surface area contributed by atoms with Crippen molar-refractivity contribution in [2.45, 2.75) is 13.0 Å². The molecule has 5 nitrogen and oxygen atoms in total. The highest BCUT2D eigenvalue weighted by atomic mass is 32.1. The van der Waals surface area contributed by atoms with Gasteiger partial charge in [0.25, 0.3) is 0 Å². The Morgan fingerprint density at radius 2 is 2.57 bits per heavy atom. The zero-order valence-corrected chi connectivity index (χ0v) is 8.76. The first-order valence-electron chi connectivity index (χ1n) is 4.18. The third-order valence-electron chi connectivity index (χ3n) is 1.57. The molecule has 6 heteroatoms. The zero-order valence-electron chi connectivity index (χ0n) is 7.95. The van der Waals surface area contributed by atoms with E-state index in [4.69, 9.17) is 10.5 Å². The van der Waals surface area contributed by atoms with Crippen LogP contribution < -0.4 is 11.1 Å². The number of amides is 1. The lowest BCUT2D eigenvalue weighted by molar-refractivity contribution is -0.122. The standard InChI is InChI=1S/C8H13N3O2S/c1-13-3-2-7(12)10-4-6-5-14-8(9)11-6/h5H,2-4H2,1H3,(H2,9,11)(H,10,12). The number of nitrogens with one attached hydrogen (secondary N) is 1. The monoisotopic (exact) mass is 215 g/mol. The van der Waals surface area contributed by atoms with E-state index in [9.17, 15) is 4.79 Å². The van der Waals surface area contributed by atoms with Gasteiger partial charge in [0.15, 0.2) is 5.13 Å². The highest BCUT2D eigenvalue weighted by molar-refractivity contribution is 7.13. The number of anilines is 1. The van der Waals surface area contributed by atoms with Gasteiger partial charge in [-0.25, -0.2) is 4.98 Å². The summed E-state index contributed by atoms with van der Waals surface area (Å²) in [6, 6.07) is 0. The van der Waals surface area contributed by atoms with E-state index >= 15 is 0 Å². The van der Waals surface area contributed by atoms with Gasteiger partial charge < -0.3 is 15.8 Å². The molecule has 0 saturated carbocycles. The summed E-state index contributed by atoms with van der Waals surface area (Å²) in [6.45, 7) is 0.862. The minimum absolute atomic E-state index is 0.0431. The van der Waals surface area contributed by atoms with Gasteiger partial charge in [-0.2, -0.15) is 0 Å². The molecule has 0 spiro atoms. The van der Waals surface area contributed by atoms with Crippen molar-refractivity contribution in [1.82, 2.24) is 10.3 Å². The molecule has 1 rings (SSSR count). The molecule has 0 aliphatic carbocycles. The van der Waals surface area contributed by atoms with E-state index in [0.29, 0.717) is 24.7 Å². The number of nitrogens with zero attached hydrogens (tertiary/aromatic N) is 1. The van der Waals surface area contributed by atoms with Crippen LogP contribution in [-0.4, -0.2) is 24.6 Å². The Bertz CT molecular complexity index is 301. The maximum absolute atomic E-state index is 11.1. The molecule has 0 aliphatic heterocycles. The number of thiazole rings is 1. The molecule has 14 heavy (non-hydrogen) atoms. The van der Waals surface area contributed by atoms with E-state index < -0.39 is 0 Å². The smallest absolute Gasteiger partial charge is 0.222 e. The van der Waals surface area contributed by atoms with Crippen LogP contribution in [0.2, 0.25) is 0 Å². The summed E-state index contributed by atoms with van der Waals surface area (Å²) in [4.78, 5) is 15.1. The Kier molecular flexibility index (Phi) is 4.34. The van der Waals surface area contributed by atoms with Crippen LogP contribution in [0, 0.1) is 0 Å².